The van der Waals surface area contributed by atoms with Gasteiger partial charge in [0.15, 0.2) is 0 Å². The summed E-state index contributed by atoms with van der Waals surface area (Å²) in [7, 11) is 0. The van der Waals surface area contributed by atoms with Crippen molar-refractivity contribution < 1.29 is 4.74 Å². The van der Waals surface area contributed by atoms with Crippen LogP contribution in [0.1, 0.15) is 17.8 Å². The van der Waals surface area contributed by atoms with Crippen molar-refractivity contribution >= 4 is 17.3 Å². The van der Waals surface area contributed by atoms with E-state index in [0.717, 1.165) is 76.2 Å². The average molecular weight is 353 g/mol. The number of fused-ring (bicyclic) bond motifs is 1. The predicted molar refractivity (Wildman–Crippen MR) is 104 cm³/mol. The Morgan fingerprint density at radius 3 is 2.85 bits per heavy atom. The molecule has 0 amide bonds. The third kappa shape index (κ3) is 3.97. The second-order valence-electron chi connectivity index (χ2n) is 6.92. The maximum atomic E-state index is 5.40. The van der Waals surface area contributed by atoms with Gasteiger partial charge in [0.2, 0.25) is 0 Å². The number of aromatic nitrogens is 2. The number of aryl methyl sites for hydroxylation is 2. The smallest absolute Gasteiger partial charge is 0.138 e. The maximum Gasteiger partial charge on any atom is 0.138 e. The number of nitrogens with zero attached hydrogens (tertiary/aromatic N) is 4. The molecule has 1 saturated heterocycles. The first-order valence-corrected chi connectivity index (χ1v) is 9.55. The van der Waals surface area contributed by atoms with Crippen LogP contribution >= 0.6 is 0 Å². The van der Waals surface area contributed by atoms with E-state index in [-0.39, 0.29) is 0 Å². The molecule has 0 atom stereocenters. The Morgan fingerprint density at radius 2 is 1.96 bits per heavy atom. The van der Waals surface area contributed by atoms with Crippen molar-refractivity contribution in [3.05, 3.63) is 41.7 Å². The number of hydrogen-bond acceptors (Lipinski definition) is 6. The molecule has 138 valence electrons. The van der Waals surface area contributed by atoms with E-state index in [2.05, 4.69) is 50.4 Å². The summed E-state index contributed by atoms with van der Waals surface area (Å²) in [5.41, 5.74) is 2.67. The lowest BCUT2D eigenvalue weighted by atomic mass is 10.0. The number of para-hydroxylation sites is 1. The van der Waals surface area contributed by atoms with Gasteiger partial charge in [0.05, 0.1) is 13.2 Å². The van der Waals surface area contributed by atoms with Crippen molar-refractivity contribution in [2.75, 3.05) is 56.2 Å². The average Bonchev–Trinajstić information content (AvgIpc) is 2.68. The van der Waals surface area contributed by atoms with Gasteiger partial charge in [0.1, 0.15) is 17.5 Å². The molecule has 0 spiro atoms. The van der Waals surface area contributed by atoms with E-state index in [9.17, 15) is 0 Å². The van der Waals surface area contributed by atoms with Gasteiger partial charge < -0.3 is 15.0 Å². The van der Waals surface area contributed by atoms with Crippen molar-refractivity contribution in [1.29, 1.82) is 0 Å². The second-order valence-corrected chi connectivity index (χ2v) is 6.92. The van der Waals surface area contributed by atoms with E-state index >= 15 is 0 Å². The molecule has 0 unspecified atom stereocenters. The summed E-state index contributed by atoms with van der Waals surface area (Å²) in [4.78, 5) is 14.0. The number of anilines is 3. The molecule has 4 rings (SSSR count). The Hall–Kier alpha value is -2.18. The molecule has 6 nitrogen and oxygen atoms in total. The fourth-order valence-corrected chi connectivity index (χ4v) is 3.72. The van der Waals surface area contributed by atoms with Crippen LogP contribution in [0.2, 0.25) is 0 Å². The highest BCUT2D eigenvalue weighted by atomic mass is 16.5. The summed E-state index contributed by atoms with van der Waals surface area (Å²) in [5.74, 6) is 2.70. The van der Waals surface area contributed by atoms with Gasteiger partial charge in [-0.15, -0.1) is 0 Å². The number of rotatable bonds is 5. The van der Waals surface area contributed by atoms with Crippen molar-refractivity contribution in [2.45, 2.75) is 19.8 Å². The molecule has 0 saturated carbocycles. The summed E-state index contributed by atoms with van der Waals surface area (Å²) in [6.07, 6.45) is 2.29. The Kier molecular flexibility index (Phi) is 5.32. The second kappa shape index (κ2) is 8.01. The summed E-state index contributed by atoms with van der Waals surface area (Å²) in [6, 6.07) is 10.7. The number of nitrogens with one attached hydrogen (secondary N) is 1. The molecule has 2 aromatic rings. The Balaban J connectivity index is 1.46. The standard InChI is InChI=1S/C20H27N5O/c1-16-22-19(21-8-10-24-11-13-26-14-12-24)15-20(23-16)25-9-4-6-17-5-2-3-7-18(17)25/h2-3,5,7,15H,4,6,8-14H2,1H3,(H,21,22,23). The molecule has 2 aliphatic rings. The lowest BCUT2D eigenvalue weighted by Crippen LogP contribution is -2.39. The fourth-order valence-electron chi connectivity index (χ4n) is 3.72. The molecule has 1 aromatic heterocycles. The molecule has 0 radical (unpaired) electrons. The van der Waals surface area contributed by atoms with Gasteiger partial charge in [-0.05, 0) is 31.4 Å². The maximum absolute atomic E-state index is 5.40. The molecule has 1 fully saturated rings. The molecule has 1 aromatic carbocycles. The minimum atomic E-state index is 0.805. The van der Waals surface area contributed by atoms with Crippen molar-refractivity contribution in [1.82, 2.24) is 14.9 Å². The number of hydrogen-bond donors (Lipinski definition) is 1. The van der Waals surface area contributed by atoms with Crippen LogP contribution in [0.15, 0.2) is 30.3 Å². The highest BCUT2D eigenvalue weighted by Gasteiger charge is 2.19. The van der Waals surface area contributed by atoms with Gasteiger partial charge in [-0.2, -0.15) is 0 Å². The minimum Gasteiger partial charge on any atom is -0.379 e. The Labute approximate surface area is 155 Å². The first-order valence-electron chi connectivity index (χ1n) is 9.55. The molecule has 2 aliphatic heterocycles. The van der Waals surface area contributed by atoms with Gasteiger partial charge in [-0.25, -0.2) is 9.97 Å². The largest absolute Gasteiger partial charge is 0.379 e. The van der Waals surface area contributed by atoms with Gasteiger partial charge in [-0.3, -0.25) is 4.90 Å². The van der Waals surface area contributed by atoms with Gasteiger partial charge in [0, 0.05) is 44.5 Å². The van der Waals surface area contributed by atoms with Crippen LogP contribution in [0.25, 0.3) is 0 Å². The van der Waals surface area contributed by atoms with E-state index in [1.165, 1.54) is 11.3 Å². The number of morpholine rings is 1. The summed E-state index contributed by atoms with van der Waals surface area (Å²) < 4.78 is 5.40. The summed E-state index contributed by atoms with van der Waals surface area (Å²) in [6.45, 7) is 8.56. The van der Waals surface area contributed by atoms with Crippen LogP contribution in [-0.2, 0) is 11.2 Å². The SMILES string of the molecule is Cc1nc(NCCN2CCOCC2)cc(N2CCCc3ccccc32)n1. The van der Waals surface area contributed by atoms with Crippen LogP contribution in [0.4, 0.5) is 17.3 Å². The topological polar surface area (TPSA) is 53.5 Å². The van der Waals surface area contributed by atoms with E-state index in [0.29, 0.717) is 0 Å². The molecule has 26 heavy (non-hydrogen) atoms. The monoisotopic (exact) mass is 353 g/mol. The lowest BCUT2D eigenvalue weighted by molar-refractivity contribution is 0.0398. The lowest BCUT2D eigenvalue weighted by Gasteiger charge is -2.30. The summed E-state index contributed by atoms with van der Waals surface area (Å²) in [5, 5.41) is 3.48. The Bertz CT molecular complexity index is 745. The number of ether oxygens (including phenoxy) is 1. The zero-order valence-electron chi connectivity index (χ0n) is 15.4. The van der Waals surface area contributed by atoms with Crippen molar-refractivity contribution in [2.24, 2.45) is 0 Å². The molecule has 0 bridgehead atoms. The first-order chi connectivity index (χ1) is 12.8. The highest BCUT2D eigenvalue weighted by Crippen LogP contribution is 2.32. The normalized spacial score (nSPS) is 17.8. The minimum absolute atomic E-state index is 0.805. The predicted octanol–water partition coefficient (Wildman–Crippen LogP) is 2.61. The van der Waals surface area contributed by atoms with E-state index < -0.39 is 0 Å². The molecular weight excluding hydrogens is 326 g/mol. The zero-order chi connectivity index (χ0) is 17.8. The zero-order valence-corrected chi connectivity index (χ0v) is 15.4. The quantitative estimate of drug-likeness (QED) is 0.892. The molecule has 3 heterocycles. The third-order valence-electron chi connectivity index (χ3n) is 5.05. The Morgan fingerprint density at radius 1 is 1.12 bits per heavy atom. The van der Waals surface area contributed by atoms with Gasteiger partial charge >= 0.3 is 0 Å². The van der Waals surface area contributed by atoms with Gasteiger partial charge in [-0.1, -0.05) is 18.2 Å². The first kappa shape index (κ1) is 17.2. The summed E-state index contributed by atoms with van der Waals surface area (Å²) >= 11 is 0. The van der Waals surface area contributed by atoms with E-state index in [1.54, 1.807) is 0 Å². The van der Waals surface area contributed by atoms with Crippen LogP contribution in [-0.4, -0.2) is 60.8 Å². The van der Waals surface area contributed by atoms with E-state index in [1.807, 2.05) is 6.92 Å². The number of benzene rings is 1. The fraction of sp³-hybridized carbons (Fsp3) is 0.500. The van der Waals surface area contributed by atoms with Crippen LogP contribution < -0.4 is 10.2 Å². The molecule has 6 heteroatoms. The molecular formula is C20H27N5O. The highest BCUT2D eigenvalue weighted by molar-refractivity contribution is 5.67. The van der Waals surface area contributed by atoms with Gasteiger partial charge in [0.25, 0.3) is 0 Å². The van der Waals surface area contributed by atoms with Crippen LogP contribution in [0.3, 0.4) is 0 Å². The van der Waals surface area contributed by atoms with Crippen molar-refractivity contribution in [3.63, 3.8) is 0 Å². The molecule has 1 N–H and O–H groups in total. The van der Waals surface area contributed by atoms with Crippen LogP contribution in [0, 0.1) is 6.92 Å². The third-order valence-corrected chi connectivity index (χ3v) is 5.05. The van der Waals surface area contributed by atoms with E-state index in [4.69, 9.17) is 9.72 Å². The molecule has 0 aliphatic carbocycles. The van der Waals surface area contributed by atoms with Crippen molar-refractivity contribution in [3.8, 4) is 0 Å². The van der Waals surface area contributed by atoms with Crippen LogP contribution in [0.5, 0.6) is 0 Å².